The summed E-state index contributed by atoms with van der Waals surface area (Å²) in [5.41, 5.74) is 11.0. The number of tetrazole rings is 1. The zero-order valence-electron chi connectivity index (χ0n) is 12.5. The van der Waals surface area contributed by atoms with Crippen LogP contribution in [0.2, 0.25) is 0 Å². The van der Waals surface area contributed by atoms with Crippen LogP contribution in [-0.4, -0.2) is 20.2 Å². The molecule has 1 aromatic heterocycles. The molecule has 0 bridgehead atoms. The highest BCUT2D eigenvalue weighted by Gasteiger charge is 2.11. The molecule has 1 heterocycles. The van der Waals surface area contributed by atoms with E-state index < -0.39 is 0 Å². The van der Waals surface area contributed by atoms with E-state index in [1.807, 2.05) is 24.3 Å². The van der Waals surface area contributed by atoms with Gasteiger partial charge in [-0.1, -0.05) is 36.0 Å². The van der Waals surface area contributed by atoms with Crippen LogP contribution in [0.1, 0.15) is 16.7 Å². The Morgan fingerprint density at radius 1 is 1.09 bits per heavy atom. The highest BCUT2D eigenvalue weighted by atomic mass is 32.2. The van der Waals surface area contributed by atoms with Crippen LogP contribution >= 0.6 is 11.8 Å². The first-order valence-electron chi connectivity index (χ1n) is 6.97. The number of hydrogen-bond acceptors (Lipinski definition) is 5. The summed E-state index contributed by atoms with van der Waals surface area (Å²) in [7, 11) is 0. The second-order valence-corrected chi connectivity index (χ2v) is 6.14. The number of nitrogen functional groups attached to an aromatic ring is 1. The zero-order chi connectivity index (χ0) is 15.5. The molecule has 0 aliphatic carbocycles. The summed E-state index contributed by atoms with van der Waals surface area (Å²) in [4.78, 5) is 0. The number of nitrogens with zero attached hydrogens (tertiary/aromatic N) is 4. The molecule has 3 rings (SSSR count). The van der Waals surface area contributed by atoms with Gasteiger partial charge in [0.15, 0.2) is 0 Å². The van der Waals surface area contributed by atoms with Crippen molar-refractivity contribution in [1.29, 1.82) is 0 Å². The number of benzene rings is 2. The lowest BCUT2D eigenvalue weighted by Gasteiger charge is -2.08. The fraction of sp³-hybridized carbons (Fsp3) is 0.188. The topological polar surface area (TPSA) is 69.6 Å². The van der Waals surface area contributed by atoms with E-state index in [2.05, 4.69) is 47.6 Å². The summed E-state index contributed by atoms with van der Waals surface area (Å²) in [5, 5.41) is 12.9. The van der Waals surface area contributed by atoms with Gasteiger partial charge in [0.25, 0.3) is 0 Å². The standard InChI is InChI=1S/C16H17N5S/c1-11-3-4-12(2)15(9-11)21-16(18-19-20-21)22-10-13-5-7-14(17)8-6-13/h3-9H,10,17H2,1-2H3. The Labute approximate surface area is 133 Å². The number of nitrogens with two attached hydrogens (primary N) is 1. The zero-order valence-corrected chi connectivity index (χ0v) is 13.3. The van der Waals surface area contributed by atoms with Crippen LogP contribution in [0.3, 0.4) is 0 Å². The SMILES string of the molecule is Cc1ccc(C)c(-n2nnnc2SCc2ccc(N)cc2)c1. The molecule has 0 amide bonds. The number of aryl methyl sites for hydroxylation is 2. The van der Waals surface area contributed by atoms with E-state index in [9.17, 15) is 0 Å². The van der Waals surface area contributed by atoms with E-state index in [0.717, 1.165) is 27.8 Å². The van der Waals surface area contributed by atoms with Gasteiger partial charge in [0.1, 0.15) is 0 Å². The van der Waals surface area contributed by atoms with Gasteiger partial charge in [-0.25, -0.2) is 0 Å². The average molecular weight is 311 g/mol. The number of anilines is 1. The van der Waals surface area contributed by atoms with E-state index in [1.165, 1.54) is 11.1 Å². The number of rotatable bonds is 4. The minimum absolute atomic E-state index is 0.772. The van der Waals surface area contributed by atoms with Crippen LogP contribution in [0.5, 0.6) is 0 Å². The summed E-state index contributed by atoms with van der Waals surface area (Å²) >= 11 is 1.61. The Morgan fingerprint density at radius 3 is 2.64 bits per heavy atom. The second-order valence-electron chi connectivity index (χ2n) is 5.19. The van der Waals surface area contributed by atoms with Crippen molar-refractivity contribution in [2.75, 3.05) is 5.73 Å². The van der Waals surface area contributed by atoms with Crippen molar-refractivity contribution in [3.8, 4) is 5.69 Å². The molecule has 0 unspecified atom stereocenters. The molecule has 0 saturated heterocycles. The Balaban J connectivity index is 1.83. The number of thioether (sulfide) groups is 1. The van der Waals surface area contributed by atoms with Crippen LogP contribution in [-0.2, 0) is 5.75 Å². The molecular formula is C16H17N5S. The minimum Gasteiger partial charge on any atom is -0.399 e. The maximum Gasteiger partial charge on any atom is 0.214 e. The summed E-state index contributed by atoms with van der Waals surface area (Å²) in [5.74, 6) is 0.797. The first kappa shape index (κ1) is 14.6. The first-order chi connectivity index (χ1) is 10.6. The van der Waals surface area contributed by atoms with Gasteiger partial charge >= 0.3 is 0 Å². The van der Waals surface area contributed by atoms with E-state index in [4.69, 9.17) is 5.73 Å². The molecule has 6 heteroatoms. The number of aromatic nitrogens is 4. The Hall–Kier alpha value is -2.34. The van der Waals surface area contributed by atoms with Gasteiger partial charge in [-0.3, -0.25) is 0 Å². The minimum atomic E-state index is 0.772. The van der Waals surface area contributed by atoms with Gasteiger partial charge in [-0.2, -0.15) is 4.68 Å². The fourth-order valence-electron chi connectivity index (χ4n) is 2.13. The lowest BCUT2D eigenvalue weighted by Crippen LogP contribution is -2.02. The van der Waals surface area contributed by atoms with Crippen LogP contribution in [0.15, 0.2) is 47.6 Å². The molecule has 22 heavy (non-hydrogen) atoms. The van der Waals surface area contributed by atoms with Crippen molar-refractivity contribution < 1.29 is 0 Å². The molecule has 2 aromatic carbocycles. The largest absolute Gasteiger partial charge is 0.399 e. The maximum atomic E-state index is 5.71. The molecule has 0 fully saturated rings. The summed E-state index contributed by atoms with van der Waals surface area (Å²) in [6.07, 6.45) is 0. The Bertz CT molecular complexity index is 779. The third-order valence-electron chi connectivity index (χ3n) is 3.38. The van der Waals surface area contributed by atoms with Gasteiger partial charge in [-0.15, -0.1) is 5.10 Å². The predicted molar refractivity (Wildman–Crippen MR) is 89.0 cm³/mol. The molecular weight excluding hydrogens is 294 g/mol. The lowest BCUT2D eigenvalue weighted by molar-refractivity contribution is 0.751. The number of hydrogen-bond donors (Lipinski definition) is 1. The monoisotopic (exact) mass is 311 g/mol. The Morgan fingerprint density at radius 2 is 1.86 bits per heavy atom. The molecule has 2 N–H and O–H groups in total. The maximum absolute atomic E-state index is 5.71. The molecule has 5 nitrogen and oxygen atoms in total. The normalized spacial score (nSPS) is 10.8. The predicted octanol–water partition coefficient (Wildman–Crippen LogP) is 3.15. The van der Waals surface area contributed by atoms with Crippen molar-refractivity contribution in [1.82, 2.24) is 20.2 Å². The van der Waals surface area contributed by atoms with E-state index in [1.54, 1.807) is 16.4 Å². The van der Waals surface area contributed by atoms with Crippen LogP contribution in [0, 0.1) is 13.8 Å². The van der Waals surface area contributed by atoms with Gasteiger partial charge in [0, 0.05) is 11.4 Å². The van der Waals surface area contributed by atoms with Gasteiger partial charge in [0.2, 0.25) is 5.16 Å². The van der Waals surface area contributed by atoms with E-state index >= 15 is 0 Å². The van der Waals surface area contributed by atoms with Crippen LogP contribution in [0.4, 0.5) is 5.69 Å². The van der Waals surface area contributed by atoms with Gasteiger partial charge in [0.05, 0.1) is 5.69 Å². The van der Waals surface area contributed by atoms with Crippen LogP contribution in [0.25, 0.3) is 5.69 Å². The Kier molecular flexibility index (Phi) is 4.11. The molecule has 0 saturated carbocycles. The first-order valence-corrected chi connectivity index (χ1v) is 7.95. The molecule has 0 atom stereocenters. The third-order valence-corrected chi connectivity index (χ3v) is 4.37. The third kappa shape index (κ3) is 3.12. The van der Waals surface area contributed by atoms with E-state index in [-0.39, 0.29) is 0 Å². The van der Waals surface area contributed by atoms with Crippen molar-refractivity contribution in [3.05, 3.63) is 59.2 Å². The highest BCUT2D eigenvalue weighted by molar-refractivity contribution is 7.98. The van der Waals surface area contributed by atoms with Crippen molar-refractivity contribution in [3.63, 3.8) is 0 Å². The smallest absolute Gasteiger partial charge is 0.214 e. The lowest BCUT2D eigenvalue weighted by atomic mass is 10.1. The fourth-order valence-corrected chi connectivity index (χ4v) is 2.97. The van der Waals surface area contributed by atoms with Crippen molar-refractivity contribution in [2.45, 2.75) is 24.8 Å². The summed E-state index contributed by atoms with van der Waals surface area (Å²) in [6.45, 7) is 4.12. The van der Waals surface area contributed by atoms with Gasteiger partial charge < -0.3 is 5.73 Å². The van der Waals surface area contributed by atoms with E-state index in [0.29, 0.717) is 0 Å². The molecule has 3 aromatic rings. The molecule has 0 radical (unpaired) electrons. The summed E-state index contributed by atoms with van der Waals surface area (Å²) < 4.78 is 1.80. The molecule has 112 valence electrons. The van der Waals surface area contributed by atoms with Crippen molar-refractivity contribution >= 4 is 17.4 Å². The van der Waals surface area contributed by atoms with Gasteiger partial charge in [-0.05, 0) is 59.2 Å². The molecule has 0 spiro atoms. The van der Waals surface area contributed by atoms with Crippen LogP contribution < -0.4 is 5.73 Å². The highest BCUT2D eigenvalue weighted by Crippen LogP contribution is 2.24. The molecule has 0 aliphatic heterocycles. The molecule has 0 aliphatic rings. The quantitative estimate of drug-likeness (QED) is 0.592. The second kappa shape index (κ2) is 6.19. The summed E-state index contributed by atoms with van der Waals surface area (Å²) in [6, 6.07) is 14.1. The van der Waals surface area contributed by atoms with Crippen molar-refractivity contribution in [2.24, 2.45) is 0 Å². The average Bonchev–Trinajstić information content (AvgIpc) is 2.97.